The summed E-state index contributed by atoms with van der Waals surface area (Å²) in [6.07, 6.45) is 0.968. The molecule has 2 rings (SSSR count). The first-order valence-corrected chi connectivity index (χ1v) is 6.64. The molecular formula is C13H19N5O3. The Balaban J connectivity index is 2.32. The van der Waals surface area contributed by atoms with Gasteiger partial charge in [0.2, 0.25) is 0 Å². The summed E-state index contributed by atoms with van der Waals surface area (Å²) in [5.41, 5.74) is 11.8. The van der Waals surface area contributed by atoms with Crippen molar-refractivity contribution in [2.75, 3.05) is 17.2 Å². The van der Waals surface area contributed by atoms with E-state index in [-0.39, 0.29) is 11.9 Å². The maximum atomic E-state index is 11.3. The van der Waals surface area contributed by atoms with Gasteiger partial charge in [-0.05, 0) is 25.5 Å². The van der Waals surface area contributed by atoms with Gasteiger partial charge in [0.25, 0.3) is 0 Å². The first-order valence-electron chi connectivity index (χ1n) is 6.64. The second-order valence-electron chi connectivity index (χ2n) is 5.05. The summed E-state index contributed by atoms with van der Waals surface area (Å²) in [6, 6.07) is 1.98. The fourth-order valence-electron chi connectivity index (χ4n) is 2.23. The second-order valence-corrected chi connectivity index (χ2v) is 5.05. The van der Waals surface area contributed by atoms with Gasteiger partial charge in [-0.1, -0.05) is 0 Å². The first kappa shape index (κ1) is 15.2. The quantitative estimate of drug-likeness (QED) is 0.561. The molecule has 21 heavy (non-hydrogen) atoms. The van der Waals surface area contributed by atoms with Crippen molar-refractivity contribution in [1.29, 1.82) is 0 Å². The number of nitrogens with two attached hydrogens (primary N) is 2. The van der Waals surface area contributed by atoms with Gasteiger partial charge in [0, 0.05) is 18.8 Å². The molecule has 0 aromatic carbocycles. The largest absolute Gasteiger partial charge is 0.480 e. The molecule has 3 unspecified atom stereocenters. The van der Waals surface area contributed by atoms with Crippen molar-refractivity contribution in [2.45, 2.75) is 31.5 Å². The number of carbonyl (C=O) groups is 1. The van der Waals surface area contributed by atoms with Gasteiger partial charge in [0.1, 0.15) is 5.82 Å². The zero-order valence-electron chi connectivity index (χ0n) is 11.7. The number of nitrogen functional groups attached to an aromatic ring is 1. The molecule has 1 saturated heterocycles. The van der Waals surface area contributed by atoms with Gasteiger partial charge >= 0.3 is 5.97 Å². The average Bonchev–Trinajstić information content (AvgIpc) is 2.79. The molecule has 1 aliphatic rings. The van der Waals surface area contributed by atoms with Crippen molar-refractivity contribution < 1.29 is 15.0 Å². The zero-order valence-corrected chi connectivity index (χ0v) is 11.7. The summed E-state index contributed by atoms with van der Waals surface area (Å²) in [5, 5.41) is 19.0. The van der Waals surface area contributed by atoms with Crippen LogP contribution in [0.3, 0.4) is 0 Å². The Morgan fingerprint density at radius 1 is 1.62 bits per heavy atom. The standard InChI is InChI=1S/C13H19N5O3/c1-7(14)6-16-12-8(15)2-3-10(17-12)18-5-4-9(19)11(18)13(20)21/h2-3,6-7,9,11,19H,4-5,14-15H2,1H3,(H,20,21). The van der Waals surface area contributed by atoms with E-state index in [2.05, 4.69) is 9.98 Å². The fourth-order valence-corrected chi connectivity index (χ4v) is 2.23. The number of aromatic nitrogens is 1. The van der Waals surface area contributed by atoms with E-state index in [0.717, 1.165) is 0 Å². The number of carboxylic acid groups (broad SMARTS) is 1. The number of anilines is 2. The summed E-state index contributed by atoms with van der Waals surface area (Å²) in [6.45, 7) is 2.17. The molecule has 1 aromatic rings. The maximum Gasteiger partial charge on any atom is 0.329 e. The van der Waals surface area contributed by atoms with Gasteiger partial charge in [0.05, 0.1) is 11.8 Å². The summed E-state index contributed by atoms with van der Waals surface area (Å²) < 4.78 is 0. The minimum atomic E-state index is -1.08. The average molecular weight is 293 g/mol. The Morgan fingerprint density at radius 2 is 2.33 bits per heavy atom. The number of aliphatic hydroxyl groups excluding tert-OH is 1. The van der Waals surface area contributed by atoms with Crippen molar-refractivity contribution in [2.24, 2.45) is 10.7 Å². The van der Waals surface area contributed by atoms with Crippen LogP contribution in [-0.2, 0) is 4.79 Å². The Morgan fingerprint density at radius 3 is 2.95 bits per heavy atom. The van der Waals surface area contributed by atoms with Crippen LogP contribution in [0.25, 0.3) is 0 Å². The number of hydrogen-bond acceptors (Lipinski definition) is 7. The zero-order chi connectivity index (χ0) is 15.6. The van der Waals surface area contributed by atoms with E-state index in [1.807, 2.05) is 0 Å². The topological polar surface area (TPSA) is 138 Å². The van der Waals surface area contributed by atoms with Crippen molar-refractivity contribution >= 4 is 29.5 Å². The summed E-state index contributed by atoms with van der Waals surface area (Å²) >= 11 is 0. The highest BCUT2D eigenvalue weighted by atomic mass is 16.4. The minimum Gasteiger partial charge on any atom is -0.480 e. The molecule has 0 bridgehead atoms. The third-order valence-corrected chi connectivity index (χ3v) is 3.24. The molecule has 0 spiro atoms. The van der Waals surface area contributed by atoms with Gasteiger partial charge in [-0.2, -0.15) is 0 Å². The highest BCUT2D eigenvalue weighted by Crippen LogP contribution is 2.28. The van der Waals surface area contributed by atoms with Crippen LogP contribution in [0.2, 0.25) is 0 Å². The third-order valence-electron chi connectivity index (χ3n) is 3.24. The number of rotatable bonds is 4. The van der Waals surface area contributed by atoms with E-state index in [1.165, 1.54) is 11.1 Å². The molecule has 8 nitrogen and oxygen atoms in total. The lowest BCUT2D eigenvalue weighted by atomic mass is 10.2. The Hall–Kier alpha value is -2.19. The molecule has 0 saturated carbocycles. The van der Waals surface area contributed by atoms with Crippen LogP contribution in [0.4, 0.5) is 17.3 Å². The molecule has 114 valence electrons. The minimum absolute atomic E-state index is 0.241. The molecule has 1 aromatic heterocycles. The van der Waals surface area contributed by atoms with Crippen LogP contribution in [0, 0.1) is 0 Å². The van der Waals surface area contributed by atoms with Crippen molar-refractivity contribution in [3.8, 4) is 0 Å². The van der Waals surface area contributed by atoms with Crippen molar-refractivity contribution in [3.63, 3.8) is 0 Å². The van der Waals surface area contributed by atoms with Gasteiger partial charge < -0.3 is 26.6 Å². The van der Waals surface area contributed by atoms with Crippen molar-refractivity contribution in [3.05, 3.63) is 12.1 Å². The lowest BCUT2D eigenvalue weighted by Gasteiger charge is -2.24. The third kappa shape index (κ3) is 3.29. The van der Waals surface area contributed by atoms with E-state index < -0.39 is 18.1 Å². The number of aliphatic hydroxyl groups is 1. The second kappa shape index (κ2) is 6.06. The normalized spacial score (nSPS) is 23.7. The van der Waals surface area contributed by atoms with E-state index >= 15 is 0 Å². The van der Waals surface area contributed by atoms with E-state index in [1.54, 1.807) is 19.1 Å². The van der Waals surface area contributed by atoms with Gasteiger partial charge in [-0.25, -0.2) is 14.8 Å². The SMILES string of the molecule is CC(N)C=Nc1nc(N2CCC(O)C2C(=O)O)ccc1N. The van der Waals surface area contributed by atoms with Gasteiger partial charge in [0.15, 0.2) is 11.9 Å². The predicted octanol–water partition coefficient (Wildman–Crippen LogP) is -0.262. The van der Waals surface area contributed by atoms with Crippen LogP contribution < -0.4 is 16.4 Å². The number of pyridine rings is 1. The molecule has 2 heterocycles. The molecule has 3 atom stereocenters. The molecule has 1 fully saturated rings. The lowest BCUT2D eigenvalue weighted by Crippen LogP contribution is -2.42. The van der Waals surface area contributed by atoms with E-state index in [0.29, 0.717) is 24.5 Å². The molecule has 0 radical (unpaired) electrons. The molecule has 1 aliphatic heterocycles. The molecule has 8 heteroatoms. The monoisotopic (exact) mass is 293 g/mol. The molecular weight excluding hydrogens is 274 g/mol. The van der Waals surface area contributed by atoms with Crippen LogP contribution in [0.15, 0.2) is 17.1 Å². The van der Waals surface area contributed by atoms with Gasteiger partial charge in [-0.3, -0.25) is 0 Å². The Labute approximate surface area is 122 Å². The van der Waals surface area contributed by atoms with E-state index in [9.17, 15) is 15.0 Å². The smallest absolute Gasteiger partial charge is 0.329 e. The highest BCUT2D eigenvalue weighted by molar-refractivity contribution is 5.80. The number of aliphatic imine (C=N–C) groups is 1. The van der Waals surface area contributed by atoms with Crippen LogP contribution in [0.1, 0.15) is 13.3 Å². The fraction of sp³-hybridized carbons (Fsp3) is 0.462. The lowest BCUT2D eigenvalue weighted by molar-refractivity contribution is -0.140. The molecule has 0 aliphatic carbocycles. The summed E-state index contributed by atoms with van der Waals surface area (Å²) in [7, 11) is 0. The van der Waals surface area contributed by atoms with Crippen molar-refractivity contribution in [1.82, 2.24) is 4.98 Å². The predicted molar refractivity (Wildman–Crippen MR) is 79.8 cm³/mol. The Kier molecular flexibility index (Phi) is 4.39. The van der Waals surface area contributed by atoms with Gasteiger partial charge in [-0.15, -0.1) is 0 Å². The summed E-state index contributed by atoms with van der Waals surface area (Å²) in [5.74, 6) is -0.375. The maximum absolute atomic E-state index is 11.3. The van der Waals surface area contributed by atoms with Crippen LogP contribution in [0.5, 0.6) is 0 Å². The number of aliphatic carboxylic acids is 1. The first-order chi connectivity index (χ1) is 9.90. The molecule has 6 N–H and O–H groups in total. The number of nitrogens with zero attached hydrogens (tertiary/aromatic N) is 3. The Bertz CT molecular complexity index is 561. The number of carboxylic acids is 1. The van der Waals surface area contributed by atoms with Crippen LogP contribution >= 0.6 is 0 Å². The van der Waals surface area contributed by atoms with E-state index in [4.69, 9.17) is 11.5 Å². The summed E-state index contributed by atoms with van der Waals surface area (Å²) in [4.78, 5) is 21.2. The van der Waals surface area contributed by atoms with Crippen LogP contribution in [-0.4, -0.2) is 52.1 Å². The highest BCUT2D eigenvalue weighted by Gasteiger charge is 2.39. The molecule has 0 amide bonds. The number of hydrogen-bond donors (Lipinski definition) is 4.